The van der Waals surface area contributed by atoms with Crippen LogP contribution in [-0.4, -0.2) is 22.9 Å². The topological polar surface area (TPSA) is 29.9 Å². The molecule has 1 saturated carbocycles. The van der Waals surface area contributed by atoms with Crippen molar-refractivity contribution >= 4 is 11.6 Å². The Morgan fingerprint density at radius 3 is 2.86 bits per heavy atom. The van der Waals surface area contributed by atoms with E-state index in [1.165, 1.54) is 31.4 Å². The van der Waals surface area contributed by atoms with Gasteiger partial charge in [0.25, 0.3) is 0 Å². The molecule has 4 heteroatoms. The van der Waals surface area contributed by atoms with Crippen LogP contribution in [0.2, 0.25) is 5.02 Å². The van der Waals surface area contributed by atoms with Crippen molar-refractivity contribution in [3.8, 4) is 0 Å². The second-order valence-corrected chi connectivity index (χ2v) is 7.00. The van der Waals surface area contributed by atoms with Gasteiger partial charge < -0.3 is 5.32 Å². The smallest absolute Gasteiger partial charge is 0.0820 e. The van der Waals surface area contributed by atoms with E-state index in [2.05, 4.69) is 35.9 Å². The van der Waals surface area contributed by atoms with E-state index >= 15 is 0 Å². The van der Waals surface area contributed by atoms with Gasteiger partial charge in [0.2, 0.25) is 0 Å². The largest absolute Gasteiger partial charge is 0.316 e. The molecule has 1 N–H and O–H groups in total. The Morgan fingerprint density at radius 2 is 2.14 bits per heavy atom. The summed E-state index contributed by atoms with van der Waals surface area (Å²) in [6, 6.07) is 0. The van der Waals surface area contributed by atoms with Gasteiger partial charge in [-0.1, -0.05) is 38.8 Å². The van der Waals surface area contributed by atoms with E-state index in [0.717, 1.165) is 37.0 Å². The molecule has 3 unspecified atom stereocenters. The molecule has 1 heterocycles. The maximum atomic E-state index is 6.48. The number of hydrogen-bond donors (Lipinski definition) is 1. The molecule has 0 saturated heterocycles. The van der Waals surface area contributed by atoms with E-state index in [4.69, 9.17) is 11.6 Å². The van der Waals surface area contributed by atoms with Gasteiger partial charge in [-0.15, -0.1) is 0 Å². The number of nitrogens with zero attached hydrogens (tertiary/aromatic N) is 2. The number of halogens is 1. The Labute approximate surface area is 134 Å². The van der Waals surface area contributed by atoms with Crippen LogP contribution in [0.3, 0.4) is 0 Å². The molecule has 1 aliphatic rings. The van der Waals surface area contributed by atoms with Gasteiger partial charge in [0, 0.05) is 12.5 Å². The first-order chi connectivity index (χ1) is 10.2. The van der Waals surface area contributed by atoms with E-state index in [1.54, 1.807) is 0 Å². The molecule has 3 atom stereocenters. The van der Waals surface area contributed by atoms with Gasteiger partial charge in [-0.2, -0.15) is 5.10 Å². The van der Waals surface area contributed by atoms with E-state index < -0.39 is 0 Å². The lowest BCUT2D eigenvalue weighted by molar-refractivity contribution is 0.232. The Morgan fingerprint density at radius 1 is 1.33 bits per heavy atom. The van der Waals surface area contributed by atoms with E-state index in [1.807, 2.05) is 6.20 Å². The second-order valence-electron chi connectivity index (χ2n) is 6.59. The summed E-state index contributed by atoms with van der Waals surface area (Å²) in [5.74, 6) is 2.04. The van der Waals surface area contributed by atoms with Gasteiger partial charge in [0.1, 0.15) is 0 Å². The normalized spacial score (nSPS) is 26.2. The van der Waals surface area contributed by atoms with Gasteiger partial charge in [-0.05, 0) is 50.6 Å². The summed E-state index contributed by atoms with van der Waals surface area (Å²) in [7, 11) is 0. The summed E-state index contributed by atoms with van der Waals surface area (Å²) in [6.07, 6.45) is 8.02. The first-order valence-corrected chi connectivity index (χ1v) is 8.97. The second kappa shape index (κ2) is 8.19. The highest BCUT2D eigenvalue weighted by atomic mass is 35.5. The van der Waals surface area contributed by atoms with Crippen molar-refractivity contribution in [3.63, 3.8) is 0 Å². The van der Waals surface area contributed by atoms with Crippen LogP contribution in [0.15, 0.2) is 6.20 Å². The summed E-state index contributed by atoms with van der Waals surface area (Å²) in [4.78, 5) is 0. The maximum Gasteiger partial charge on any atom is 0.0820 e. The highest BCUT2D eigenvalue weighted by molar-refractivity contribution is 6.31. The van der Waals surface area contributed by atoms with Gasteiger partial charge in [-0.3, -0.25) is 4.68 Å². The molecule has 1 aliphatic carbocycles. The predicted molar refractivity (Wildman–Crippen MR) is 89.9 cm³/mol. The molecule has 0 aliphatic heterocycles. The van der Waals surface area contributed by atoms with Crippen LogP contribution >= 0.6 is 11.6 Å². The van der Waals surface area contributed by atoms with Crippen molar-refractivity contribution in [2.24, 2.45) is 11.8 Å². The molecular weight excluding hydrogens is 282 g/mol. The SMILES string of the molecule is CCCNCC1CCC(C)CC1c1c(Cl)cnn1CCC. The van der Waals surface area contributed by atoms with Crippen LogP contribution in [0.25, 0.3) is 0 Å². The summed E-state index contributed by atoms with van der Waals surface area (Å²) in [5.41, 5.74) is 1.29. The van der Waals surface area contributed by atoms with E-state index in [9.17, 15) is 0 Å². The fourth-order valence-corrected chi connectivity index (χ4v) is 3.90. The first kappa shape index (κ1) is 16.8. The summed E-state index contributed by atoms with van der Waals surface area (Å²) in [5, 5.41) is 8.97. The predicted octanol–water partition coefficient (Wildman–Crippen LogP) is 4.47. The zero-order valence-corrected chi connectivity index (χ0v) is 14.5. The molecule has 0 amide bonds. The standard InChI is InChI=1S/C17H30ClN3/c1-4-8-19-11-14-7-6-13(3)10-15(14)17-16(18)12-20-21(17)9-5-2/h12-15,19H,4-11H2,1-3H3. The molecule has 0 aromatic carbocycles. The molecule has 3 nitrogen and oxygen atoms in total. The Bertz CT molecular complexity index is 430. The van der Waals surface area contributed by atoms with Crippen molar-refractivity contribution in [2.45, 2.75) is 65.3 Å². The van der Waals surface area contributed by atoms with E-state index in [-0.39, 0.29) is 0 Å². The van der Waals surface area contributed by atoms with Gasteiger partial charge in [0.05, 0.1) is 16.9 Å². The zero-order chi connectivity index (χ0) is 15.2. The van der Waals surface area contributed by atoms with Crippen molar-refractivity contribution in [3.05, 3.63) is 16.9 Å². The molecule has 1 aromatic rings. The van der Waals surface area contributed by atoms with Crippen molar-refractivity contribution in [1.82, 2.24) is 15.1 Å². The van der Waals surface area contributed by atoms with Crippen LogP contribution in [0, 0.1) is 11.8 Å². The van der Waals surface area contributed by atoms with Crippen molar-refractivity contribution in [2.75, 3.05) is 13.1 Å². The molecule has 0 bridgehead atoms. The average molecular weight is 312 g/mol. The Kier molecular flexibility index (Phi) is 6.56. The van der Waals surface area contributed by atoms with Gasteiger partial charge in [0.15, 0.2) is 0 Å². The summed E-state index contributed by atoms with van der Waals surface area (Å²) in [6.45, 7) is 9.99. The lowest BCUT2D eigenvalue weighted by atomic mass is 9.73. The van der Waals surface area contributed by atoms with Gasteiger partial charge in [-0.25, -0.2) is 0 Å². The molecule has 1 fully saturated rings. The first-order valence-electron chi connectivity index (χ1n) is 8.59. The van der Waals surface area contributed by atoms with Crippen LogP contribution in [-0.2, 0) is 6.54 Å². The fraction of sp³-hybridized carbons (Fsp3) is 0.824. The number of aromatic nitrogens is 2. The number of nitrogens with one attached hydrogen (secondary N) is 1. The number of hydrogen-bond acceptors (Lipinski definition) is 2. The van der Waals surface area contributed by atoms with Crippen LogP contribution in [0.4, 0.5) is 0 Å². The molecule has 120 valence electrons. The summed E-state index contributed by atoms with van der Waals surface area (Å²) >= 11 is 6.48. The number of rotatable bonds is 7. The molecule has 21 heavy (non-hydrogen) atoms. The Hall–Kier alpha value is -0.540. The third kappa shape index (κ3) is 4.23. The highest BCUT2D eigenvalue weighted by Gasteiger charge is 2.33. The van der Waals surface area contributed by atoms with Crippen molar-refractivity contribution < 1.29 is 0 Å². The molecule has 2 rings (SSSR count). The van der Waals surface area contributed by atoms with Crippen molar-refractivity contribution in [1.29, 1.82) is 0 Å². The molecule has 0 radical (unpaired) electrons. The van der Waals surface area contributed by atoms with Crippen LogP contribution in [0.1, 0.15) is 64.5 Å². The lowest BCUT2D eigenvalue weighted by Crippen LogP contribution is -2.33. The van der Waals surface area contributed by atoms with Crippen LogP contribution in [0.5, 0.6) is 0 Å². The van der Waals surface area contributed by atoms with E-state index in [0.29, 0.717) is 11.8 Å². The number of aryl methyl sites for hydroxylation is 1. The Balaban J connectivity index is 2.17. The quantitative estimate of drug-likeness (QED) is 0.753. The minimum atomic E-state index is 0.555. The maximum absolute atomic E-state index is 6.48. The van der Waals surface area contributed by atoms with Crippen LogP contribution < -0.4 is 5.32 Å². The average Bonchev–Trinajstić information content (AvgIpc) is 2.82. The third-order valence-corrected chi connectivity index (χ3v) is 5.00. The minimum Gasteiger partial charge on any atom is -0.316 e. The zero-order valence-electron chi connectivity index (χ0n) is 13.7. The van der Waals surface area contributed by atoms with Gasteiger partial charge >= 0.3 is 0 Å². The highest BCUT2D eigenvalue weighted by Crippen LogP contribution is 2.42. The monoisotopic (exact) mass is 311 g/mol. The third-order valence-electron chi connectivity index (χ3n) is 4.71. The minimum absolute atomic E-state index is 0.555. The molecular formula is C17H30ClN3. The molecule has 1 aromatic heterocycles. The summed E-state index contributed by atoms with van der Waals surface area (Å²) < 4.78 is 2.15. The molecule has 0 spiro atoms. The lowest BCUT2D eigenvalue weighted by Gasteiger charge is -2.35. The fourth-order valence-electron chi connectivity index (χ4n) is 3.62.